The Hall–Kier alpha value is -8.34. The fraction of sp³-hybridized carbons (Fsp3) is 0. The predicted octanol–water partition coefficient (Wildman–Crippen LogP) is 15.0. The lowest BCUT2D eigenvalue weighted by Gasteiger charge is -2.14. The molecule has 12 rings (SSSR count). The third-order valence-corrected chi connectivity index (χ3v) is 12.1. The van der Waals surface area contributed by atoms with Crippen LogP contribution < -0.4 is 0 Å². The first-order valence-electron chi connectivity index (χ1n) is 21.1. The molecule has 0 radical (unpaired) electrons. The largest absolute Gasteiger partial charge is 0.309 e. The zero-order valence-corrected chi connectivity index (χ0v) is 33.7. The average Bonchev–Trinajstić information content (AvgIpc) is 3.87. The monoisotopic (exact) mass is 790 g/mol. The molecule has 4 heteroatoms. The summed E-state index contributed by atoms with van der Waals surface area (Å²) in [5, 5.41) is 4.87. The van der Waals surface area contributed by atoms with Gasteiger partial charge in [-0.15, -0.1) is 0 Å². The molecule has 0 fully saturated rings. The lowest BCUT2D eigenvalue weighted by Crippen LogP contribution is -1.96. The smallest absolute Gasteiger partial charge is 0.160 e. The predicted molar refractivity (Wildman–Crippen MR) is 258 cm³/mol. The summed E-state index contributed by atoms with van der Waals surface area (Å²) in [5.41, 5.74) is 16.3. The maximum Gasteiger partial charge on any atom is 0.160 e. The van der Waals surface area contributed by atoms with E-state index >= 15 is 0 Å². The molecule has 0 amide bonds. The third kappa shape index (κ3) is 6.08. The van der Waals surface area contributed by atoms with Gasteiger partial charge in [-0.2, -0.15) is 0 Å². The van der Waals surface area contributed by atoms with Crippen LogP contribution in [-0.4, -0.2) is 19.1 Å². The van der Waals surface area contributed by atoms with Gasteiger partial charge in [-0.05, 0) is 107 Å². The Kier molecular flexibility index (Phi) is 8.46. The first kappa shape index (κ1) is 35.6. The molecule has 0 bridgehead atoms. The number of hydrogen-bond acceptors (Lipinski definition) is 2. The van der Waals surface area contributed by atoms with Crippen molar-refractivity contribution in [2.24, 2.45) is 0 Å². The molecule has 0 aliphatic heterocycles. The van der Waals surface area contributed by atoms with Gasteiger partial charge in [0, 0.05) is 49.6 Å². The van der Waals surface area contributed by atoms with Crippen LogP contribution in [0.15, 0.2) is 231 Å². The highest BCUT2D eigenvalue weighted by Crippen LogP contribution is 2.40. The van der Waals surface area contributed by atoms with Crippen LogP contribution in [0.25, 0.3) is 111 Å². The van der Waals surface area contributed by atoms with Crippen LogP contribution in [0.3, 0.4) is 0 Å². The van der Waals surface area contributed by atoms with Crippen molar-refractivity contribution in [3.8, 4) is 67.5 Å². The van der Waals surface area contributed by atoms with Crippen molar-refractivity contribution in [3.63, 3.8) is 0 Å². The van der Waals surface area contributed by atoms with E-state index in [9.17, 15) is 0 Å². The van der Waals surface area contributed by atoms with E-state index < -0.39 is 0 Å². The zero-order valence-electron chi connectivity index (χ0n) is 33.7. The van der Waals surface area contributed by atoms with Crippen LogP contribution in [-0.2, 0) is 0 Å². The van der Waals surface area contributed by atoms with Crippen molar-refractivity contribution in [2.75, 3.05) is 0 Å². The minimum absolute atomic E-state index is 0.694. The van der Waals surface area contributed by atoms with Crippen LogP contribution >= 0.6 is 0 Å². The number of aromatic nitrogens is 4. The lowest BCUT2D eigenvalue weighted by atomic mass is 9.93. The van der Waals surface area contributed by atoms with Crippen molar-refractivity contribution in [2.45, 2.75) is 0 Å². The Labute approximate surface area is 359 Å². The van der Waals surface area contributed by atoms with E-state index in [4.69, 9.17) is 9.97 Å². The SMILES string of the molecule is c1ccc(-c2cc(-c3cc(-c4ccc5c(c4)c4ccccc4n5-c4ccccc4)cc(-c4ccc5c(c4)c4ccccc4n5-c4ccccc4)c3)nc(-c3ccccc3)n2)cc1. The van der Waals surface area contributed by atoms with Crippen LogP contribution in [0, 0.1) is 0 Å². The molecule has 62 heavy (non-hydrogen) atoms. The third-order valence-electron chi connectivity index (χ3n) is 12.1. The molecular formula is C58H38N4. The highest BCUT2D eigenvalue weighted by molar-refractivity contribution is 6.12. The molecule has 12 aromatic rings. The van der Waals surface area contributed by atoms with Gasteiger partial charge in [-0.3, -0.25) is 0 Å². The van der Waals surface area contributed by atoms with Gasteiger partial charge >= 0.3 is 0 Å². The molecule has 0 aliphatic carbocycles. The van der Waals surface area contributed by atoms with Crippen LogP contribution in [0.4, 0.5) is 0 Å². The van der Waals surface area contributed by atoms with Gasteiger partial charge in [-0.1, -0.05) is 146 Å². The van der Waals surface area contributed by atoms with Crippen LogP contribution in [0.5, 0.6) is 0 Å². The summed E-state index contributed by atoms with van der Waals surface area (Å²) in [7, 11) is 0. The van der Waals surface area contributed by atoms with E-state index in [1.807, 2.05) is 24.3 Å². The zero-order chi connectivity index (χ0) is 41.0. The van der Waals surface area contributed by atoms with Crippen molar-refractivity contribution in [3.05, 3.63) is 231 Å². The summed E-state index contributed by atoms with van der Waals surface area (Å²) in [6, 6.07) is 82.3. The molecule has 0 atom stereocenters. The summed E-state index contributed by atoms with van der Waals surface area (Å²) in [6.07, 6.45) is 0. The van der Waals surface area contributed by atoms with Crippen LogP contribution in [0.1, 0.15) is 0 Å². The standard InChI is InChI=1S/C58H38N4/c1-5-17-39(18-6-1)52-38-53(60-58(59-52)40-19-7-2-8-20-40)45-34-43(41-29-31-56-50(36-41)48-25-13-15-27-54(48)61(56)46-21-9-3-10-22-46)33-44(35-45)42-30-32-57-51(37-42)49-26-14-16-28-55(49)62(57)47-23-11-4-12-24-47/h1-38H. The number of para-hydroxylation sites is 4. The number of hydrogen-bond donors (Lipinski definition) is 0. The van der Waals surface area contributed by atoms with Gasteiger partial charge in [-0.25, -0.2) is 9.97 Å². The van der Waals surface area contributed by atoms with Crippen molar-refractivity contribution < 1.29 is 0 Å². The Morgan fingerprint density at radius 1 is 0.242 bits per heavy atom. The maximum absolute atomic E-state index is 5.31. The normalized spacial score (nSPS) is 11.5. The van der Waals surface area contributed by atoms with Gasteiger partial charge in [0.2, 0.25) is 0 Å². The second-order valence-electron chi connectivity index (χ2n) is 15.8. The number of benzene rings is 9. The molecule has 0 spiro atoms. The number of fused-ring (bicyclic) bond motifs is 6. The Morgan fingerprint density at radius 2 is 0.629 bits per heavy atom. The van der Waals surface area contributed by atoms with E-state index in [0.29, 0.717) is 5.82 Å². The van der Waals surface area contributed by atoms with E-state index in [0.717, 1.165) is 61.7 Å². The Bertz CT molecular complexity index is 3370. The number of rotatable bonds is 7. The Morgan fingerprint density at radius 3 is 1.13 bits per heavy atom. The summed E-state index contributed by atoms with van der Waals surface area (Å²) >= 11 is 0. The first-order chi connectivity index (χ1) is 30.7. The van der Waals surface area contributed by atoms with Crippen molar-refractivity contribution >= 4 is 43.6 Å². The summed E-state index contributed by atoms with van der Waals surface area (Å²) in [5.74, 6) is 0.694. The van der Waals surface area contributed by atoms with Gasteiger partial charge < -0.3 is 9.13 Å². The molecule has 0 unspecified atom stereocenters. The van der Waals surface area contributed by atoms with Gasteiger partial charge in [0.15, 0.2) is 5.82 Å². The van der Waals surface area contributed by atoms with Gasteiger partial charge in [0.05, 0.1) is 33.5 Å². The van der Waals surface area contributed by atoms with E-state index in [1.165, 1.54) is 43.6 Å². The van der Waals surface area contributed by atoms with Gasteiger partial charge in [0.1, 0.15) is 0 Å². The van der Waals surface area contributed by atoms with Crippen LogP contribution in [0.2, 0.25) is 0 Å². The van der Waals surface area contributed by atoms with Gasteiger partial charge in [0.25, 0.3) is 0 Å². The number of nitrogens with zero attached hydrogens (tertiary/aromatic N) is 4. The quantitative estimate of drug-likeness (QED) is 0.161. The highest BCUT2D eigenvalue weighted by Gasteiger charge is 2.18. The maximum atomic E-state index is 5.31. The fourth-order valence-corrected chi connectivity index (χ4v) is 9.19. The van der Waals surface area contributed by atoms with Crippen molar-refractivity contribution in [1.82, 2.24) is 19.1 Å². The topological polar surface area (TPSA) is 35.6 Å². The first-order valence-corrected chi connectivity index (χ1v) is 21.1. The van der Waals surface area contributed by atoms with E-state index in [-0.39, 0.29) is 0 Å². The van der Waals surface area contributed by atoms with E-state index in [2.05, 4.69) is 215 Å². The fourth-order valence-electron chi connectivity index (χ4n) is 9.19. The molecule has 3 aromatic heterocycles. The minimum Gasteiger partial charge on any atom is -0.309 e. The summed E-state index contributed by atoms with van der Waals surface area (Å²) < 4.78 is 4.74. The molecule has 9 aromatic carbocycles. The Balaban J connectivity index is 1.10. The molecule has 3 heterocycles. The molecule has 0 aliphatic rings. The molecule has 4 nitrogen and oxygen atoms in total. The molecule has 290 valence electrons. The second-order valence-corrected chi connectivity index (χ2v) is 15.8. The van der Waals surface area contributed by atoms with E-state index in [1.54, 1.807) is 0 Å². The molecule has 0 N–H and O–H groups in total. The summed E-state index contributed by atoms with van der Waals surface area (Å²) in [6.45, 7) is 0. The highest BCUT2D eigenvalue weighted by atomic mass is 15.0. The average molecular weight is 791 g/mol. The van der Waals surface area contributed by atoms with Crippen molar-refractivity contribution in [1.29, 1.82) is 0 Å². The second kappa shape index (κ2) is 14.7. The minimum atomic E-state index is 0.694. The summed E-state index contributed by atoms with van der Waals surface area (Å²) in [4.78, 5) is 10.4. The molecule has 0 saturated carbocycles. The molecular weight excluding hydrogens is 753 g/mol. The molecule has 0 saturated heterocycles. The lowest BCUT2D eigenvalue weighted by molar-refractivity contribution is 1.18.